The lowest BCUT2D eigenvalue weighted by atomic mass is 10.0. The topological polar surface area (TPSA) is 32.5 Å². The van der Waals surface area contributed by atoms with Gasteiger partial charge in [0.05, 0.1) is 0 Å². The van der Waals surface area contributed by atoms with Gasteiger partial charge in [0.15, 0.2) is 0 Å². The van der Waals surface area contributed by atoms with Gasteiger partial charge in [-0.1, -0.05) is 0 Å². The summed E-state index contributed by atoms with van der Waals surface area (Å²) < 4.78 is 0. The third-order valence-electron chi connectivity index (χ3n) is 3.86. The van der Waals surface area contributed by atoms with Crippen molar-refractivity contribution in [1.29, 1.82) is 0 Å². The minimum atomic E-state index is 0.809. The SMILES string of the molecule is CN(C1CC1)C1CCCN(CCCN)C1. The highest BCUT2D eigenvalue weighted by Crippen LogP contribution is 2.29. The van der Waals surface area contributed by atoms with E-state index in [2.05, 4.69) is 16.8 Å². The molecule has 1 saturated carbocycles. The first-order chi connectivity index (χ1) is 7.31. The Bertz CT molecular complexity index is 191. The fourth-order valence-corrected chi connectivity index (χ4v) is 2.66. The van der Waals surface area contributed by atoms with Gasteiger partial charge in [-0.3, -0.25) is 4.90 Å². The Labute approximate surface area is 93.6 Å². The molecule has 1 saturated heterocycles. The Hall–Kier alpha value is -0.120. The lowest BCUT2D eigenvalue weighted by Crippen LogP contribution is -2.47. The molecule has 2 rings (SSSR count). The van der Waals surface area contributed by atoms with Gasteiger partial charge in [0.2, 0.25) is 0 Å². The third-order valence-corrected chi connectivity index (χ3v) is 3.86. The molecular weight excluding hydrogens is 186 g/mol. The molecule has 2 N–H and O–H groups in total. The van der Waals surface area contributed by atoms with Crippen molar-refractivity contribution in [3.63, 3.8) is 0 Å². The van der Waals surface area contributed by atoms with Crippen LogP contribution >= 0.6 is 0 Å². The van der Waals surface area contributed by atoms with E-state index >= 15 is 0 Å². The number of nitrogens with zero attached hydrogens (tertiary/aromatic N) is 2. The number of piperidine rings is 1. The zero-order chi connectivity index (χ0) is 10.7. The monoisotopic (exact) mass is 211 g/mol. The molecule has 0 amide bonds. The van der Waals surface area contributed by atoms with E-state index < -0.39 is 0 Å². The van der Waals surface area contributed by atoms with Crippen LogP contribution in [0.1, 0.15) is 32.1 Å². The van der Waals surface area contributed by atoms with Crippen LogP contribution in [0.3, 0.4) is 0 Å². The van der Waals surface area contributed by atoms with Crippen molar-refractivity contribution in [2.75, 3.05) is 33.2 Å². The number of likely N-dealkylation sites (tertiary alicyclic amines) is 1. The minimum Gasteiger partial charge on any atom is -0.330 e. The normalized spacial score (nSPS) is 28.6. The van der Waals surface area contributed by atoms with Crippen LogP contribution in [0.15, 0.2) is 0 Å². The summed E-state index contributed by atoms with van der Waals surface area (Å²) in [6, 6.07) is 1.72. The minimum absolute atomic E-state index is 0.809. The van der Waals surface area contributed by atoms with E-state index in [0.29, 0.717) is 0 Å². The molecule has 3 nitrogen and oxygen atoms in total. The van der Waals surface area contributed by atoms with E-state index in [1.165, 1.54) is 45.3 Å². The zero-order valence-corrected chi connectivity index (χ0v) is 9.99. The number of rotatable bonds is 5. The first-order valence-corrected chi connectivity index (χ1v) is 6.45. The van der Waals surface area contributed by atoms with Crippen molar-refractivity contribution in [2.45, 2.75) is 44.2 Å². The molecule has 2 aliphatic rings. The van der Waals surface area contributed by atoms with E-state index in [9.17, 15) is 0 Å². The van der Waals surface area contributed by atoms with Crippen LogP contribution in [0.2, 0.25) is 0 Å². The van der Waals surface area contributed by atoms with E-state index in [1.54, 1.807) is 0 Å². The molecule has 1 aliphatic carbocycles. The molecule has 1 unspecified atom stereocenters. The summed E-state index contributed by atoms with van der Waals surface area (Å²) in [5.41, 5.74) is 5.56. The number of hydrogen-bond donors (Lipinski definition) is 1. The average molecular weight is 211 g/mol. The molecule has 0 aromatic rings. The second-order valence-corrected chi connectivity index (χ2v) is 5.14. The second kappa shape index (κ2) is 5.28. The van der Waals surface area contributed by atoms with Crippen molar-refractivity contribution in [1.82, 2.24) is 9.80 Å². The Morgan fingerprint density at radius 2 is 2.07 bits per heavy atom. The highest BCUT2D eigenvalue weighted by Gasteiger charge is 2.32. The molecular formula is C12H25N3. The average Bonchev–Trinajstić information content (AvgIpc) is 3.09. The highest BCUT2D eigenvalue weighted by atomic mass is 15.2. The van der Waals surface area contributed by atoms with Gasteiger partial charge in [-0.15, -0.1) is 0 Å². The Morgan fingerprint density at radius 3 is 2.73 bits per heavy atom. The lowest BCUT2D eigenvalue weighted by molar-refractivity contribution is 0.111. The van der Waals surface area contributed by atoms with Crippen LogP contribution in [0, 0.1) is 0 Å². The highest BCUT2D eigenvalue weighted by molar-refractivity contribution is 4.89. The van der Waals surface area contributed by atoms with Crippen LogP contribution in [-0.2, 0) is 0 Å². The first-order valence-electron chi connectivity index (χ1n) is 6.45. The Balaban J connectivity index is 1.75. The van der Waals surface area contributed by atoms with Crippen molar-refractivity contribution in [3.05, 3.63) is 0 Å². The molecule has 0 spiro atoms. The number of hydrogen-bond acceptors (Lipinski definition) is 3. The fourth-order valence-electron chi connectivity index (χ4n) is 2.66. The standard InChI is InChI=1S/C12H25N3/c1-14(11-5-6-11)12-4-2-8-15(10-12)9-3-7-13/h11-12H,2-10,13H2,1H3. The number of likely N-dealkylation sites (N-methyl/N-ethyl adjacent to an activating group) is 1. The van der Waals surface area contributed by atoms with Crippen LogP contribution in [0.4, 0.5) is 0 Å². The van der Waals surface area contributed by atoms with Gasteiger partial charge in [0.25, 0.3) is 0 Å². The van der Waals surface area contributed by atoms with Gasteiger partial charge < -0.3 is 10.6 Å². The summed E-state index contributed by atoms with van der Waals surface area (Å²) in [5, 5.41) is 0. The smallest absolute Gasteiger partial charge is 0.0223 e. The molecule has 1 aliphatic heterocycles. The maximum absolute atomic E-state index is 5.56. The summed E-state index contributed by atoms with van der Waals surface area (Å²) >= 11 is 0. The van der Waals surface area contributed by atoms with Crippen LogP contribution < -0.4 is 5.73 Å². The molecule has 3 heteroatoms. The van der Waals surface area contributed by atoms with Gasteiger partial charge >= 0.3 is 0 Å². The molecule has 0 bridgehead atoms. The van der Waals surface area contributed by atoms with Gasteiger partial charge in [-0.05, 0) is 58.8 Å². The quantitative estimate of drug-likeness (QED) is 0.733. The largest absolute Gasteiger partial charge is 0.330 e. The molecule has 1 atom stereocenters. The van der Waals surface area contributed by atoms with Gasteiger partial charge in [0, 0.05) is 18.6 Å². The third kappa shape index (κ3) is 3.16. The van der Waals surface area contributed by atoms with Crippen LogP contribution in [0.25, 0.3) is 0 Å². The van der Waals surface area contributed by atoms with E-state index in [4.69, 9.17) is 5.73 Å². The van der Waals surface area contributed by atoms with Gasteiger partial charge in [-0.25, -0.2) is 0 Å². The fraction of sp³-hybridized carbons (Fsp3) is 1.00. The summed E-state index contributed by atoms with van der Waals surface area (Å²) in [4.78, 5) is 5.22. The molecule has 1 heterocycles. The van der Waals surface area contributed by atoms with E-state index in [1.807, 2.05) is 0 Å². The predicted molar refractivity (Wildman–Crippen MR) is 63.9 cm³/mol. The molecule has 2 fully saturated rings. The van der Waals surface area contributed by atoms with Gasteiger partial charge in [-0.2, -0.15) is 0 Å². The molecule has 0 aromatic heterocycles. The van der Waals surface area contributed by atoms with Crippen molar-refractivity contribution >= 4 is 0 Å². The van der Waals surface area contributed by atoms with Crippen LogP contribution in [-0.4, -0.2) is 55.1 Å². The Morgan fingerprint density at radius 1 is 1.27 bits per heavy atom. The van der Waals surface area contributed by atoms with E-state index in [-0.39, 0.29) is 0 Å². The van der Waals surface area contributed by atoms with E-state index in [0.717, 1.165) is 25.0 Å². The molecule has 0 radical (unpaired) electrons. The lowest BCUT2D eigenvalue weighted by Gasteiger charge is -2.37. The van der Waals surface area contributed by atoms with Crippen molar-refractivity contribution in [2.24, 2.45) is 5.73 Å². The Kier molecular flexibility index (Phi) is 4.00. The maximum atomic E-state index is 5.56. The van der Waals surface area contributed by atoms with Crippen molar-refractivity contribution in [3.8, 4) is 0 Å². The second-order valence-electron chi connectivity index (χ2n) is 5.14. The summed E-state index contributed by atoms with van der Waals surface area (Å²) in [5.74, 6) is 0. The van der Waals surface area contributed by atoms with Crippen molar-refractivity contribution < 1.29 is 0 Å². The van der Waals surface area contributed by atoms with Crippen LogP contribution in [0.5, 0.6) is 0 Å². The summed E-state index contributed by atoms with van der Waals surface area (Å²) in [6.45, 7) is 4.59. The summed E-state index contributed by atoms with van der Waals surface area (Å²) in [6.07, 6.45) is 6.77. The number of nitrogens with two attached hydrogens (primary N) is 1. The zero-order valence-electron chi connectivity index (χ0n) is 9.99. The van der Waals surface area contributed by atoms with Gasteiger partial charge in [0.1, 0.15) is 0 Å². The maximum Gasteiger partial charge on any atom is 0.0223 e. The first kappa shape index (κ1) is 11.4. The molecule has 15 heavy (non-hydrogen) atoms. The molecule has 0 aromatic carbocycles. The predicted octanol–water partition coefficient (Wildman–Crippen LogP) is 0.894. The summed E-state index contributed by atoms with van der Waals surface area (Å²) in [7, 11) is 2.31. The molecule has 88 valence electrons.